The highest BCUT2D eigenvalue weighted by molar-refractivity contribution is 5.98. The Morgan fingerprint density at radius 2 is 1.88 bits per heavy atom. The van der Waals surface area contributed by atoms with Gasteiger partial charge in [-0.15, -0.1) is 0 Å². The molecule has 1 rings (SSSR count). The van der Waals surface area contributed by atoms with E-state index in [2.05, 4.69) is 0 Å². The third-order valence-corrected chi connectivity index (χ3v) is 2.62. The van der Waals surface area contributed by atoms with Crippen molar-refractivity contribution in [2.75, 3.05) is 0 Å². The lowest BCUT2D eigenvalue weighted by molar-refractivity contribution is -0.142. The number of ether oxygens (including phenoxy) is 1. The molecule has 0 saturated heterocycles. The molecule has 0 aliphatic carbocycles. The van der Waals surface area contributed by atoms with Crippen LogP contribution in [0.15, 0.2) is 12.2 Å². The lowest BCUT2D eigenvalue weighted by atomic mass is 10.0. The first-order valence-corrected chi connectivity index (χ1v) is 5.70. The SMILES string of the molecule is C[C@@H]1CCCCCC(O)C(=O)/C=C/C(=O)O1. The van der Waals surface area contributed by atoms with Crippen LogP contribution in [-0.2, 0) is 14.3 Å². The second kappa shape index (κ2) is 6.43. The fourth-order valence-corrected chi connectivity index (χ4v) is 1.65. The number of carbonyl (C=O) groups excluding carboxylic acids is 2. The third-order valence-electron chi connectivity index (χ3n) is 2.62. The van der Waals surface area contributed by atoms with Crippen molar-refractivity contribution >= 4 is 11.8 Å². The molecule has 0 radical (unpaired) electrons. The van der Waals surface area contributed by atoms with Crippen LogP contribution < -0.4 is 0 Å². The molecule has 1 N–H and O–H groups in total. The summed E-state index contributed by atoms with van der Waals surface area (Å²) in [5, 5.41) is 9.45. The number of esters is 1. The van der Waals surface area contributed by atoms with Gasteiger partial charge >= 0.3 is 5.97 Å². The van der Waals surface area contributed by atoms with E-state index >= 15 is 0 Å². The van der Waals surface area contributed by atoms with Crippen LogP contribution in [0.5, 0.6) is 0 Å². The maximum Gasteiger partial charge on any atom is 0.331 e. The van der Waals surface area contributed by atoms with Crippen LogP contribution >= 0.6 is 0 Å². The van der Waals surface area contributed by atoms with E-state index in [1.807, 2.05) is 6.92 Å². The van der Waals surface area contributed by atoms with Gasteiger partial charge in [-0.1, -0.05) is 12.8 Å². The van der Waals surface area contributed by atoms with Crippen molar-refractivity contribution in [3.8, 4) is 0 Å². The average Bonchev–Trinajstić information content (AvgIpc) is 2.23. The molecule has 2 atom stereocenters. The monoisotopic (exact) mass is 226 g/mol. The Balaban J connectivity index is 2.61. The molecule has 4 nitrogen and oxygen atoms in total. The Labute approximate surface area is 95.3 Å². The predicted octanol–water partition coefficient (Wildman–Crippen LogP) is 1.37. The van der Waals surface area contributed by atoms with Crippen LogP contribution in [0.3, 0.4) is 0 Å². The third kappa shape index (κ3) is 4.57. The van der Waals surface area contributed by atoms with E-state index in [4.69, 9.17) is 4.74 Å². The minimum atomic E-state index is -0.985. The minimum absolute atomic E-state index is 0.114. The van der Waals surface area contributed by atoms with Gasteiger partial charge in [0.25, 0.3) is 0 Å². The summed E-state index contributed by atoms with van der Waals surface area (Å²) in [5.41, 5.74) is 0. The molecule has 4 heteroatoms. The first kappa shape index (κ1) is 12.9. The second-order valence-corrected chi connectivity index (χ2v) is 4.14. The summed E-state index contributed by atoms with van der Waals surface area (Å²) in [5.74, 6) is -0.946. The molecule has 0 aromatic rings. The summed E-state index contributed by atoms with van der Waals surface area (Å²) in [7, 11) is 0. The first-order chi connectivity index (χ1) is 7.59. The van der Waals surface area contributed by atoms with Gasteiger partial charge in [0, 0.05) is 6.08 Å². The Morgan fingerprint density at radius 1 is 1.19 bits per heavy atom. The Hall–Kier alpha value is -1.16. The van der Waals surface area contributed by atoms with Crippen molar-refractivity contribution in [3.63, 3.8) is 0 Å². The van der Waals surface area contributed by atoms with Crippen LogP contribution in [0.25, 0.3) is 0 Å². The molecular weight excluding hydrogens is 208 g/mol. The number of cyclic esters (lactones) is 1. The molecule has 0 aromatic heterocycles. The van der Waals surface area contributed by atoms with Crippen molar-refractivity contribution < 1.29 is 19.4 Å². The Morgan fingerprint density at radius 3 is 2.62 bits per heavy atom. The maximum atomic E-state index is 11.3. The van der Waals surface area contributed by atoms with Gasteiger partial charge < -0.3 is 9.84 Å². The van der Waals surface area contributed by atoms with Crippen LogP contribution in [0.2, 0.25) is 0 Å². The van der Waals surface area contributed by atoms with Crippen LogP contribution in [0, 0.1) is 0 Å². The summed E-state index contributed by atoms with van der Waals surface area (Å²) >= 11 is 0. The number of aliphatic hydroxyl groups excluding tert-OH is 1. The molecule has 16 heavy (non-hydrogen) atoms. The van der Waals surface area contributed by atoms with Crippen molar-refractivity contribution in [1.82, 2.24) is 0 Å². The highest BCUT2D eigenvalue weighted by Crippen LogP contribution is 2.11. The zero-order chi connectivity index (χ0) is 12.0. The molecule has 0 amide bonds. The number of aliphatic hydroxyl groups is 1. The van der Waals surface area contributed by atoms with E-state index in [0.29, 0.717) is 6.42 Å². The topological polar surface area (TPSA) is 63.6 Å². The van der Waals surface area contributed by atoms with E-state index in [0.717, 1.165) is 37.8 Å². The molecular formula is C12H18O4. The van der Waals surface area contributed by atoms with Gasteiger partial charge in [0.15, 0.2) is 5.78 Å². The van der Waals surface area contributed by atoms with E-state index < -0.39 is 17.9 Å². The van der Waals surface area contributed by atoms with Crippen molar-refractivity contribution in [2.45, 2.75) is 51.2 Å². The molecule has 1 heterocycles. The zero-order valence-electron chi connectivity index (χ0n) is 9.52. The Bertz CT molecular complexity index is 283. The van der Waals surface area contributed by atoms with Crippen molar-refractivity contribution in [2.24, 2.45) is 0 Å². The van der Waals surface area contributed by atoms with Gasteiger partial charge in [-0.2, -0.15) is 0 Å². The predicted molar refractivity (Wildman–Crippen MR) is 58.8 cm³/mol. The van der Waals surface area contributed by atoms with Crippen LogP contribution in [0.4, 0.5) is 0 Å². The van der Waals surface area contributed by atoms with Gasteiger partial charge in [-0.05, 0) is 32.3 Å². The van der Waals surface area contributed by atoms with Gasteiger partial charge in [0.1, 0.15) is 6.10 Å². The summed E-state index contributed by atoms with van der Waals surface area (Å²) in [6.45, 7) is 1.84. The lowest BCUT2D eigenvalue weighted by Crippen LogP contribution is -2.20. The normalized spacial score (nSPS) is 31.1. The minimum Gasteiger partial charge on any atom is -0.460 e. The highest BCUT2D eigenvalue weighted by atomic mass is 16.5. The quantitative estimate of drug-likeness (QED) is 0.634. The summed E-state index contributed by atoms with van der Waals surface area (Å²) < 4.78 is 5.05. The average molecular weight is 226 g/mol. The van der Waals surface area contributed by atoms with Gasteiger partial charge in [-0.25, -0.2) is 4.79 Å². The van der Waals surface area contributed by atoms with Gasteiger partial charge in [0.2, 0.25) is 0 Å². The maximum absolute atomic E-state index is 11.3. The van der Waals surface area contributed by atoms with Crippen molar-refractivity contribution in [3.05, 3.63) is 12.2 Å². The molecule has 90 valence electrons. The molecule has 0 saturated carbocycles. The number of carbonyl (C=O) groups is 2. The molecule has 1 aliphatic heterocycles. The molecule has 0 spiro atoms. The molecule has 0 fully saturated rings. The van der Waals surface area contributed by atoms with E-state index in [9.17, 15) is 14.7 Å². The van der Waals surface area contributed by atoms with E-state index in [1.165, 1.54) is 0 Å². The molecule has 1 aliphatic rings. The van der Waals surface area contributed by atoms with E-state index in [1.54, 1.807) is 0 Å². The zero-order valence-corrected chi connectivity index (χ0v) is 9.52. The van der Waals surface area contributed by atoms with Crippen molar-refractivity contribution in [1.29, 1.82) is 0 Å². The molecule has 1 unspecified atom stereocenters. The summed E-state index contributed by atoms with van der Waals surface area (Å²) in [4.78, 5) is 22.5. The standard InChI is InChI=1S/C12H18O4/c1-9-5-3-2-4-6-10(13)11(14)7-8-12(15)16-9/h7-10,13H,2-6H2,1H3/b8-7+/t9-,10?/m1/s1. The number of rotatable bonds is 0. The molecule has 0 aromatic carbocycles. The van der Waals surface area contributed by atoms with Gasteiger partial charge in [-0.3, -0.25) is 4.79 Å². The first-order valence-electron chi connectivity index (χ1n) is 5.70. The van der Waals surface area contributed by atoms with Gasteiger partial charge in [0.05, 0.1) is 6.10 Å². The smallest absolute Gasteiger partial charge is 0.331 e. The van der Waals surface area contributed by atoms with Crippen LogP contribution in [0.1, 0.15) is 39.0 Å². The second-order valence-electron chi connectivity index (χ2n) is 4.14. The largest absolute Gasteiger partial charge is 0.460 e. The lowest BCUT2D eigenvalue weighted by Gasteiger charge is -2.13. The fourth-order valence-electron chi connectivity index (χ4n) is 1.65. The summed E-state index contributed by atoms with van der Waals surface area (Å²) in [6.07, 6.45) is 5.08. The number of hydrogen-bond acceptors (Lipinski definition) is 4. The molecule has 0 bridgehead atoms. The Kier molecular flexibility index (Phi) is 5.19. The van der Waals surface area contributed by atoms with Crippen LogP contribution in [-0.4, -0.2) is 29.1 Å². The highest BCUT2D eigenvalue weighted by Gasteiger charge is 2.14. The number of hydrogen-bond donors (Lipinski definition) is 1. The number of ketones is 1. The van der Waals surface area contributed by atoms with E-state index in [-0.39, 0.29) is 6.10 Å². The summed E-state index contributed by atoms with van der Waals surface area (Å²) in [6, 6.07) is 0. The fraction of sp³-hybridized carbons (Fsp3) is 0.667.